The van der Waals surface area contributed by atoms with Crippen LogP contribution in [0.15, 0.2) is 69.9 Å². The van der Waals surface area contributed by atoms with Crippen molar-refractivity contribution >= 4 is 22.9 Å². The molecule has 0 saturated carbocycles. The first kappa shape index (κ1) is 14.4. The minimum Gasteiger partial charge on any atom is -0.353 e. The summed E-state index contributed by atoms with van der Waals surface area (Å²) in [5.41, 5.74) is 3.97. The van der Waals surface area contributed by atoms with E-state index in [9.17, 15) is 0 Å². The molecule has 0 bridgehead atoms. The summed E-state index contributed by atoms with van der Waals surface area (Å²) >= 11 is 0. The molecular formula is C18H18N6. The van der Waals surface area contributed by atoms with Crippen LogP contribution in [0, 0.1) is 0 Å². The predicted molar refractivity (Wildman–Crippen MR) is 96.1 cm³/mol. The van der Waals surface area contributed by atoms with Crippen molar-refractivity contribution in [3.05, 3.63) is 54.6 Å². The summed E-state index contributed by atoms with van der Waals surface area (Å²) in [6.07, 6.45) is 1.53. The molecule has 3 aromatic rings. The van der Waals surface area contributed by atoms with Gasteiger partial charge in [-0.1, -0.05) is 48.5 Å². The Labute approximate surface area is 140 Å². The maximum Gasteiger partial charge on any atom is 0.233 e. The molecule has 0 saturated heterocycles. The molecule has 24 heavy (non-hydrogen) atoms. The molecule has 1 aromatic heterocycles. The third-order valence-corrected chi connectivity index (χ3v) is 4.12. The van der Waals surface area contributed by atoms with E-state index in [1.807, 2.05) is 49.3 Å². The molecule has 2 heterocycles. The summed E-state index contributed by atoms with van der Waals surface area (Å²) in [6, 6.07) is 18.3. The van der Waals surface area contributed by atoms with Crippen LogP contribution in [0.25, 0.3) is 22.2 Å². The van der Waals surface area contributed by atoms with Crippen LogP contribution in [0.1, 0.15) is 0 Å². The van der Waals surface area contributed by atoms with Gasteiger partial charge in [-0.05, 0) is 6.07 Å². The molecule has 6 heteroatoms. The molecule has 1 aliphatic heterocycles. The van der Waals surface area contributed by atoms with Crippen molar-refractivity contribution in [2.45, 2.75) is 6.29 Å². The van der Waals surface area contributed by atoms with Crippen LogP contribution in [-0.4, -0.2) is 41.6 Å². The molecule has 1 aliphatic rings. The Morgan fingerprint density at radius 1 is 1.00 bits per heavy atom. The van der Waals surface area contributed by atoms with Gasteiger partial charge in [0.1, 0.15) is 12.0 Å². The Bertz CT molecular complexity index is 900. The van der Waals surface area contributed by atoms with Crippen LogP contribution in [0.5, 0.6) is 0 Å². The van der Waals surface area contributed by atoms with Crippen molar-refractivity contribution in [2.75, 3.05) is 14.1 Å². The molecule has 6 nitrogen and oxygen atoms in total. The highest BCUT2D eigenvalue weighted by molar-refractivity contribution is 5.99. The lowest BCUT2D eigenvalue weighted by atomic mass is 10.1. The van der Waals surface area contributed by atoms with Crippen molar-refractivity contribution in [1.29, 1.82) is 0 Å². The Balaban J connectivity index is 1.81. The molecular weight excluding hydrogens is 300 g/mol. The van der Waals surface area contributed by atoms with Gasteiger partial charge >= 0.3 is 0 Å². The third kappa shape index (κ3) is 2.42. The van der Waals surface area contributed by atoms with Crippen molar-refractivity contribution in [3.63, 3.8) is 0 Å². The van der Waals surface area contributed by atoms with Gasteiger partial charge in [0.2, 0.25) is 6.29 Å². The molecule has 1 unspecified atom stereocenters. The standard InChI is InChI=1S/C18H18N6/c1-23-12-19-24(2)18(23)22-21-17-14-10-6-7-11-15(14)20-16(17)13-8-4-3-5-9-13/h3-12,18,20H,1-2H3. The first-order valence-corrected chi connectivity index (χ1v) is 7.80. The maximum atomic E-state index is 4.58. The van der Waals surface area contributed by atoms with Crippen molar-refractivity contribution in [2.24, 2.45) is 15.3 Å². The lowest BCUT2D eigenvalue weighted by Crippen LogP contribution is -2.32. The molecule has 2 aromatic carbocycles. The van der Waals surface area contributed by atoms with Crippen LogP contribution < -0.4 is 0 Å². The summed E-state index contributed by atoms with van der Waals surface area (Å²) in [5.74, 6) is 0. The maximum absolute atomic E-state index is 4.58. The minimum absolute atomic E-state index is 0.220. The van der Waals surface area contributed by atoms with Gasteiger partial charge in [0, 0.05) is 30.6 Å². The fourth-order valence-corrected chi connectivity index (χ4v) is 2.86. The first-order valence-electron chi connectivity index (χ1n) is 7.80. The van der Waals surface area contributed by atoms with Gasteiger partial charge in [0.15, 0.2) is 0 Å². The summed E-state index contributed by atoms with van der Waals surface area (Å²) in [7, 11) is 3.82. The highest BCUT2D eigenvalue weighted by Crippen LogP contribution is 2.37. The molecule has 0 aliphatic carbocycles. The number of fused-ring (bicyclic) bond motifs is 1. The van der Waals surface area contributed by atoms with E-state index in [0.717, 1.165) is 27.8 Å². The van der Waals surface area contributed by atoms with Gasteiger partial charge < -0.3 is 9.88 Å². The van der Waals surface area contributed by atoms with E-state index in [0.29, 0.717) is 0 Å². The molecule has 4 rings (SSSR count). The van der Waals surface area contributed by atoms with Crippen LogP contribution in [0.2, 0.25) is 0 Å². The van der Waals surface area contributed by atoms with Crippen LogP contribution in [0.3, 0.4) is 0 Å². The Morgan fingerprint density at radius 3 is 2.50 bits per heavy atom. The molecule has 0 radical (unpaired) electrons. The highest BCUT2D eigenvalue weighted by atomic mass is 15.6. The van der Waals surface area contributed by atoms with Crippen LogP contribution in [0.4, 0.5) is 5.69 Å². The minimum atomic E-state index is -0.220. The normalized spacial score (nSPS) is 17.5. The quantitative estimate of drug-likeness (QED) is 0.741. The van der Waals surface area contributed by atoms with E-state index in [-0.39, 0.29) is 6.29 Å². The number of nitrogens with one attached hydrogen (secondary N) is 1. The number of benzene rings is 2. The molecule has 120 valence electrons. The summed E-state index contributed by atoms with van der Waals surface area (Å²) in [5, 5.41) is 16.1. The van der Waals surface area contributed by atoms with Crippen LogP contribution in [-0.2, 0) is 0 Å². The number of H-pyrrole nitrogens is 1. The van der Waals surface area contributed by atoms with Gasteiger partial charge in [-0.25, -0.2) is 0 Å². The smallest absolute Gasteiger partial charge is 0.233 e. The molecule has 1 atom stereocenters. The molecule has 0 spiro atoms. The van der Waals surface area contributed by atoms with Crippen molar-refractivity contribution < 1.29 is 0 Å². The number of hydrazone groups is 1. The second kappa shape index (κ2) is 5.81. The molecule has 0 fully saturated rings. The van der Waals surface area contributed by atoms with Crippen molar-refractivity contribution in [1.82, 2.24) is 14.9 Å². The van der Waals surface area contributed by atoms with Gasteiger partial charge in [-0.2, -0.15) is 5.10 Å². The average molecular weight is 318 g/mol. The van der Waals surface area contributed by atoms with Gasteiger partial charge in [0.25, 0.3) is 0 Å². The molecule has 0 amide bonds. The number of rotatable bonds is 3. The lowest BCUT2D eigenvalue weighted by Gasteiger charge is -2.19. The Hall–Kier alpha value is -3.15. The zero-order valence-corrected chi connectivity index (χ0v) is 13.6. The third-order valence-electron chi connectivity index (χ3n) is 4.12. The highest BCUT2D eigenvalue weighted by Gasteiger charge is 2.21. The van der Waals surface area contributed by atoms with Crippen LogP contribution >= 0.6 is 0 Å². The number of azo groups is 1. The zero-order valence-electron chi connectivity index (χ0n) is 13.6. The van der Waals surface area contributed by atoms with E-state index in [2.05, 4.69) is 44.6 Å². The number of hydrogen-bond donors (Lipinski definition) is 1. The fraction of sp³-hybridized carbons (Fsp3) is 0.167. The number of para-hydroxylation sites is 1. The topological polar surface area (TPSA) is 59.4 Å². The summed E-state index contributed by atoms with van der Waals surface area (Å²) < 4.78 is 0. The fourth-order valence-electron chi connectivity index (χ4n) is 2.86. The van der Waals surface area contributed by atoms with Gasteiger partial charge in [-0.3, -0.25) is 5.01 Å². The number of nitrogens with zero attached hydrogens (tertiary/aromatic N) is 5. The Morgan fingerprint density at radius 2 is 1.75 bits per heavy atom. The number of hydrogen-bond acceptors (Lipinski definition) is 5. The number of aromatic nitrogens is 1. The van der Waals surface area contributed by atoms with Gasteiger partial charge in [0.05, 0.1) is 5.69 Å². The van der Waals surface area contributed by atoms with E-state index in [4.69, 9.17) is 0 Å². The average Bonchev–Trinajstić information content (AvgIpc) is 3.14. The van der Waals surface area contributed by atoms with Crippen molar-refractivity contribution in [3.8, 4) is 11.3 Å². The van der Waals surface area contributed by atoms with E-state index in [1.165, 1.54) is 0 Å². The SMILES string of the molecule is CN1C=NN(C)C1N=Nc1c(-c2ccccc2)[nH]c2ccccc12. The second-order valence-electron chi connectivity index (χ2n) is 5.79. The molecule has 1 N–H and O–H groups in total. The monoisotopic (exact) mass is 318 g/mol. The van der Waals surface area contributed by atoms with E-state index < -0.39 is 0 Å². The van der Waals surface area contributed by atoms with E-state index >= 15 is 0 Å². The second-order valence-corrected chi connectivity index (χ2v) is 5.79. The zero-order chi connectivity index (χ0) is 16.5. The van der Waals surface area contributed by atoms with E-state index in [1.54, 1.807) is 11.3 Å². The lowest BCUT2D eigenvalue weighted by molar-refractivity contribution is 0.183. The largest absolute Gasteiger partial charge is 0.353 e. The summed E-state index contributed by atoms with van der Waals surface area (Å²) in [6.45, 7) is 0. The predicted octanol–water partition coefficient (Wildman–Crippen LogP) is 4.02. The first-order chi connectivity index (χ1) is 11.7. The van der Waals surface area contributed by atoms with Gasteiger partial charge in [-0.15, -0.1) is 10.2 Å². The Kier molecular flexibility index (Phi) is 3.49. The number of aromatic amines is 1. The summed E-state index contributed by atoms with van der Waals surface area (Å²) in [4.78, 5) is 5.38.